The quantitative estimate of drug-likeness (QED) is 0.539. The molecule has 0 spiro atoms. The molecule has 0 saturated heterocycles. The summed E-state index contributed by atoms with van der Waals surface area (Å²) in [6.07, 6.45) is -0.764. The molecule has 1 atom stereocenters. The normalized spacial score (nSPS) is 14.3. The van der Waals surface area contributed by atoms with Gasteiger partial charge in [0.15, 0.2) is 5.60 Å². The van der Waals surface area contributed by atoms with Gasteiger partial charge in [-0.15, -0.1) is 0 Å². The molecule has 0 aromatic heterocycles. The Kier molecular flexibility index (Phi) is 5.09. The summed E-state index contributed by atoms with van der Waals surface area (Å²) in [5.41, 5.74) is -1.90. The van der Waals surface area contributed by atoms with Crippen molar-refractivity contribution in [3.05, 3.63) is 29.8 Å². The number of para-hydroxylation sites is 1. The maximum Gasteiger partial charge on any atom is 0.204 e. The van der Waals surface area contributed by atoms with Crippen LogP contribution in [-0.2, 0) is 4.79 Å². The first-order valence-corrected chi connectivity index (χ1v) is 6.49. The van der Waals surface area contributed by atoms with E-state index in [2.05, 4.69) is 0 Å². The lowest BCUT2D eigenvalue weighted by molar-refractivity contribution is -0.875. The SMILES string of the molecule is COc1ccccc1C(=O)C(O)(CC(=O)[O-])C[N+](C)(C)C. The van der Waals surface area contributed by atoms with Gasteiger partial charge < -0.3 is 24.2 Å². The van der Waals surface area contributed by atoms with Crippen LogP contribution in [0.15, 0.2) is 24.3 Å². The van der Waals surface area contributed by atoms with Crippen molar-refractivity contribution in [3.8, 4) is 5.75 Å². The Hall–Kier alpha value is -1.92. The molecule has 6 nitrogen and oxygen atoms in total. The number of ketones is 1. The topological polar surface area (TPSA) is 86.7 Å². The van der Waals surface area contributed by atoms with Crippen LogP contribution in [0.5, 0.6) is 5.75 Å². The molecular formula is C15H21NO5. The highest BCUT2D eigenvalue weighted by atomic mass is 16.5. The molecule has 0 aliphatic rings. The van der Waals surface area contributed by atoms with Crippen molar-refractivity contribution < 1.29 is 29.0 Å². The molecule has 6 heteroatoms. The number of benzene rings is 1. The maximum absolute atomic E-state index is 12.6. The minimum Gasteiger partial charge on any atom is -0.550 e. The minimum atomic E-state index is -2.05. The average Bonchev–Trinajstić information content (AvgIpc) is 2.34. The van der Waals surface area contributed by atoms with Gasteiger partial charge in [0, 0.05) is 12.4 Å². The summed E-state index contributed by atoms with van der Waals surface area (Å²) >= 11 is 0. The first-order valence-electron chi connectivity index (χ1n) is 6.49. The lowest BCUT2D eigenvalue weighted by Crippen LogP contribution is -2.56. The molecule has 21 heavy (non-hydrogen) atoms. The highest BCUT2D eigenvalue weighted by molar-refractivity contribution is 6.06. The third-order valence-corrected chi connectivity index (χ3v) is 2.95. The largest absolute Gasteiger partial charge is 0.550 e. The Morgan fingerprint density at radius 1 is 1.29 bits per heavy atom. The van der Waals surface area contributed by atoms with Crippen molar-refractivity contribution in [2.24, 2.45) is 0 Å². The van der Waals surface area contributed by atoms with E-state index in [0.717, 1.165) is 0 Å². The number of quaternary nitrogens is 1. The van der Waals surface area contributed by atoms with Crippen LogP contribution < -0.4 is 9.84 Å². The zero-order valence-corrected chi connectivity index (χ0v) is 12.8. The van der Waals surface area contributed by atoms with Gasteiger partial charge in [-0.3, -0.25) is 4.79 Å². The van der Waals surface area contributed by atoms with Crippen molar-refractivity contribution in [1.29, 1.82) is 0 Å². The van der Waals surface area contributed by atoms with Gasteiger partial charge in [-0.05, 0) is 12.1 Å². The van der Waals surface area contributed by atoms with Crippen molar-refractivity contribution in [2.75, 3.05) is 34.8 Å². The molecule has 0 aliphatic carbocycles. The molecule has 0 amide bonds. The number of methoxy groups -OCH3 is 1. The summed E-state index contributed by atoms with van der Waals surface area (Å²) in [5, 5.41) is 21.5. The first-order chi connectivity index (χ1) is 9.59. The number of carbonyl (C=O) groups is 2. The Balaban J connectivity index is 3.25. The minimum absolute atomic E-state index is 0.0577. The number of Topliss-reactive ketones (excluding diaryl/α,β-unsaturated/α-hetero) is 1. The summed E-state index contributed by atoms with van der Waals surface area (Å²) in [6, 6.07) is 6.39. The lowest BCUT2D eigenvalue weighted by atomic mass is 9.88. The number of hydrogen-bond donors (Lipinski definition) is 1. The molecule has 1 unspecified atom stereocenters. The van der Waals surface area contributed by atoms with Crippen molar-refractivity contribution >= 4 is 11.8 Å². The third kappa shape index (κ3) is 4.54. The molecule has 1 aromatic rings. The lowest BCUT2D eigenvalue weighted by Gasteiger charge is -2.35. The predicted molar refractivity (Wildman–Crippen MR) is 74.8 cm³/mol. The van der Waals surface area contributed by atoms with Crippen LogP contribution in [0.25, 0.3) is 0 Å². The fourth-order valence-electron chi connectivity index (χ4n) is 2.31. The van der Waals surface area contributed by atoms with Crippen LogP contribution >= 0.6 is 0 Å². The number of nitrogens with zero attached hydrogens (tertiary/aromatic N) is 1. The molecule has 0 heterocycles. The molecule has 0 bridgehead atoms. The first kappa shape index (κ1) is 17.1. The Morgan fingerprint density at radius 3 is 2.33 bits per heavy atom. The second-order valence-corrected chi connectivity index (χ2v) is 6.06. The van der Waals surface area contributed by atoms with E-state index in [1.165, 1.54) is 13.2 Å². The number of rotatable bonds is 7. The zero-order chi connectivity index (χ0) is 16.3. The third-order valence-electron chi connectivity index (χ3n) is 2.95. The van der Waals surface area contributed by atoms with Crippen LogP contribution in [0.3, 0.4) is 0 Å². The summed E-state index contributed by atoms with van der Waals surface area (Å²) in [7, 11) is 6.69. The van der Waals surface area contributed by atoms with Gasteiger partial charge in [-0.25, -0.2) is 0 Å². The monoisotopic (exact) mass is 295 g/mol. The van der Waals surface area contributed by atoms with E-state index < -0.39 is 23.8 Å². The van der Waals surface area contributed by atoms with Crippen molar-refractivity contribution in [1.82, 2.24) is 0 Å². The van der Waals surface area contributed by atoms with E-state index in [-0.39, 0.29) is 16.6 Å². The number of aliphatic carboxylic acids is 1. The van der Waals surface area contributed by atoms with Crippen molar-refractivity contribution in [3.63, 3.8) is 0 Å². The van der Waals surface area contributed by atoms with E-state index in [4.69, 9.17) is 4.74 Å². The highest BCUT2D eigenvalue weighted by Gasteiger charge is 2.42. The summed E-state index contributed by atoms with van der Waals surface area (Å²) in [4.78, 5) is 23.6. The number of likely N-dealkylation sites (N-methyl/N-ethyl adjacent to an activating group) is 1. The van der Waals surface area contributed by atoms with E-state index in [1.807, 2.05) is 0 Å². The van der Waals surface area contributed by atoms with E-state index in [1.54, 1.807) is 39.3 Å². The molecule has 116 valence electrons. The van der Waals surface area contributed by atoms with Gasteiger partial charge in [0.25, 0.3) is 0 Å². The van der Waals surface area contributed by atoms with Crippen LogP contribution in [-0.4, -0.2) is 61.7 Å². The average molecular weight is 295 g/mol. The Labute approximate surface area is 124 Å². The van der Waals surface area contributed by atoms with Gasteiger partial charge in [-0.1, -0.05) is 12.1 Å². The molecular weight excluding hydrogens is 274 g/mol. The van der Waals surface area contributed by atoms with Crippen LogP contribution in [0.4, 0.5) is 0 Å². The highest BCUT2D eigenvalue weighted by Crippen LogP contribution is 2.26. The van der Waals surface area contributed by atoms with Crippen molar-refractivity contribution in [2.45, 2.75) is 12.0 Å². The molecule has 1 rings (SSSR count). The molecule has 1 N–H and O–H groups in total. The van der Waals surface area contributed by atoms with E-state index in [9.17, 15) is 19.8 Å². The second kappa shape index (κ2) is 6.24. The Morgan fingerprint density at radius 2 is 1.86 bits per heavy atom. The standard InChI is InChI=1S/C15H21NO5/c1-16(2,3)10-15(20,9-13(17)18)14(19)11-7-5-6-8-12(11)21-4/h5-8,20H,9-10H2,1-4H3. The van der Waals surface area contributed by atoms with Gasteiger partial charge in [0.1, 0.15) is 12.3 Å². The maximum atomic E-state index is 12.6. The van der Waals surface area contributed by atoms with Gasteiger partial charge >= 0.3 is 0 Å². The van der Waals surface area contributed by atoms with Gasteiger partial charge in [0.05, 0.1) is 33.8 Å². The van der Waals surface area contributed by atoms with Crippen LogP contribution in [0, 0.1) is 0 Å². The number of ether oxygens (including phenoxy) is 1. The summed E-state index contributed by atoms with van der Waals surface area (Å²) in [5.74, 6) is -1.87. The molecule has 1 aromatic carbocycles. The molecule has 0 fully saturated rings. The van der Waals surface area contributed by atoms with E-state index >= 15 is 0 Å². The second-order valence-electron chi connectivity index (χ2n) is 6.06. The summed E-state index contributed by atoms with van der Waals surface area (Å²) < 4.78 is 5.32. The van der Waals surface area contributed by atoms with E-state index in [0.29, 0.717) is 5.75 Å². The summed E-state index contributed by atoms with van der Waals surface area (Å²) in [6.45, 7) is -0.0577. The smallest absolute Gasteiger partial charge is 0.204 e. The number of carboxylic acids is 1. The Bertz CT molecular complexity index is 535. The zero-order valence-electron chi connectivity index (χ0n) is 12.8. The molecule has 0 aliphatic heterocycles. The number of aliphatic hydroxyl groups is 1. The number of carboxylic acid groups (broad SMARTS) is 1. The van der Waals surface area contributed by atoms with Gasteiger partial charge in [0.2, 0.25) is 5.78 Å². The number of hydrogen-bond acceptors (Lipinski definition) is 5. The fourth-order valence-corrected chi connectivity index (χ4v) is 2.31. The van der Waals surface area contributed by atoms with Crippen LogP contribution in [0.1, 0.15) is 16.8 Å². The van der Waals surface area contributed by atoms with Gasteiger partial charge in [-0.2, -0.15) is 0 Å². The molecule has 0 radical (unpaired) electrons. The predicted octanol–water partition coefficient (Wildman–Crippen LogP) is -0.545. The number of carbonyl (C=O) groups excluding carboxylic acids is 2. The molecule has 0 saturated carbocycles. The fraction of sp³-hybridized carbons (Fsp3) is 0.467. The van der Waals surface area contributed by atoms with Crippen LogP contribution in [0.2, 0.25) is 0 Å².